The van der Waals surface area contributed by atoms with Crippen molar-refractivity contribution in [3.63, 3.8) is 0 Å². The van der Waals surface area contributed by atoms with E-state index >= 15 is 0 Å². The number of hydrogen-bond acceptors (Lipinski definition) is 3. The molecule has 4 nitrogen and oxygen atoms in total. The van der Waals surface area contributed by atoms with Gasteiger partial charge >= 0.3 is 0 Å². The molecule has 140 valence electrons. The molecule has 1 aromatic carbocycles. The molecule has 0 aliphatic carbocycles. The second-order valence-electron chi connectivity index (χ2n) is 7.09. The number of benzene rings is 1. The maximum atomic E-state index is 12.6. The minimum atomic E-state index is 0. The molecular weight excluding hydrogens is 336 g/mol. The zero-order valence-corrected chi connectivity index (χ0v) is 16.0. The summed E-state index contributed by atoms with van der Waals surface area (Å²) in [5, 5.41) is 3.46. The lowest BCUT2D eigenvalue weighted by Gasteiger charge is -2.28. The van der Waals surface area contributed by atoms with Crippen LogP contribution in [0.15, 0.2) is 24.3 Å². The monoisotopic (exact) mass is 366 g/mol. The Hall–Kier alpha value is -1.26. The van der Waals surface area contributed by atoms with Gasteiger partial charge in [0.25, 0.3) is 0 Å². The second kappa shape index (κ2) is 10.0. The molecule has 0 aromatic heterocycles. The van der Waals surface area contributed by atoms with Crippen molar-refractivity contribution in [3.8, 4) is 5.75 Å². The number of amides is 1. The van der Waals surface area contributed by atoms with Gasteiger partial charge in [-0.1, -0.05) is 18.6 Å². The van der Waals surface area contributed by atoms with E-state index < -0.39 is 0 Å². The van der Waals surface area contributed by atoms with Crippen LogP contribution < -0.4 is 10.1 Å². The summed E-state index contributed by atoms with van der Waals surface area (Å²) in [6.45, 7) is 2.05. The summed E-state index contributed by atoms with van der Waals surface area (Å²) in [6.07, 6.45) is 8.59. The Balaban J connectivity index is 0.00000225. The topological polar surface area (TPSA) is 41.6 Å². The minimum Gasteiger partial charge on any atom is -0.497 e. The molecule has 1 aromatic rings. The molecule has 25 heavy (non-hydrogen) atoms. The standard InChI is InChI=1S/C20H30N2O2.ClH/c1-24-19-11-7-16(8-12-19)5-3-2-4-6-20(23)22-17-9-10-18(22)15-21-14-13-17;/h7-8,11-12,17-18,21H,2-6,9-10,13-15H2,1H3;1H. The first-order chi connectivity index (χ1) is 11.8. The first-order valence-electron chi connectivity index (χ1n) is 9.43. The first kappa shape index (κ1) is 20.1. The van der Waals surface area contributed by atoms with Crippen LogP contribution in [0.1, 0.15) is 50.5 Å². The second-order valence-corrected chi connectivity index (χ2v) is 7.09. The van der Waals surface area contributed by atoms with Gasteiger partial charge in [-0.2, -0.15) is 0 Å². The predicted octanol–water partition coefficient (Wildman–Crippen LogP) is 3.57. The Kier molecular flexibility index (Phi) is 8.04. The molecule has 0 radical (unpaired) electrons. The number of rotatable bonds is 7. The van der Waals surface area contributed by atoms with Gasteiger partial charge in [-0.25, -0.2) is 0 Å². The van der Waals surface area contributed by atoms with Gasteiger partial charge in [0.2, 0.25) is 5.91 Å². The highest BCUT2D eigenvalue weighted by atomic mass is 35.5. The smallest absolute Gasteiger partial charge is 0.223 e. The highest BCUT2D eigenvalue weighted by Gasteiger charge is 2.37. The average Bonchev–Trinajstić information content (AvgIpc) is 2.88. The summed E-state index contributed by atoms with van der Waals surface area (Å²) in [5.41, 5.74) is 1.35. The van der Waals surface area contributed by atoms with Crippen molar-refractivity contribution >= 4 is 18.3 Å². The molecule has 2 atom stereocenters. The van der Waals surface area contributed by atoms with E-state index in [1.54, 1.807) is 7.11 Å². The summed E-state index contributed by atoms with van der Waals surface area (Å²) in [7, 11) is 1.69. The number of unbranched alkanes of at least 4 members (excludes halogenated alkanes) is 2. The molecule has 0 saturated carbocycles. The lowest BCUT2D eigenvalue weighted by Crippen LogP contribution is -2.42. The van der Waals surface area contributed by atoms with E-state index in [4.69, 9.17) is 4.74 Å². The van der Waals surface area contributed by atoms with Crippen molar-refractivity contribution < 1.29 is 9.53 Å². The molecule has 1 amide bonds. The molecule has 2 saturated heterocycles. The zero-order chi connectivity index (χ0) is 16.8. The summed E-state index contributed by atoms with van der Waals surface area (Å²) in [5.74, 6) is 1.29. The quantitative estimate of drug-likeness (QED) is 0.750. The van der Waals surface area contributed by atoms with Crippen molar-refractivity contribution in [2.45, 2.75) is 63.5 Å². The molecule has 2 heterocycles. The third-order valence-corrected chi connectivity index (χ3v) is 5.46. The number of fused-ring (bicyclic) bond motifs is 2. The van der Waals surface area contributed by atoms with E-state index in [9.17, 15) is 4.79 Å². The SMILES string of the molecule is COc1ccc(CCCCCC(=O)N2C3CCNCC2CC3)cc1.Cl. The van der Waals surface area contributed by atoms with E-state index in [-0.39, 0.29) is 12.4 Å². The Morgan fingerprint density at radius 1 is 1.12 bits per heavy atom. The number of carbonyl (C=O) groups excluding carboxylic acids is 1. The van der Waals surface area contributed by atoms with Crippen LogP contribution in [-0.4, -0.2) is 43.1 Å². The van der Waals surface area contributed by atoms with Crippen LogP contribution in [0.3, 0.4) is 0 Å². The lowest BCUT2D eigenvalue weighted by molar-refractivity contribution is -0.133. The van der Waals surface area contributed by atoms with Gasteiger partial charge in [0.15, 0.2) is 0 Å². The average molecular weight is 367 g/mol. The molecule has 1 N–H and O–H groups in total. The number of nitrogens with one attached hydrogen (secondary N) is 1. The molecular formula is C20H31ClN2O2. The van der Waals surface area contributed by atoms with Gasteiger partial charge in [0.05, 0.1) is 7.11 Å². The Morgan fingerprint density at radius 3 is 2.64 bits per heavy atom. The third-order valence-electron chi connectivity index (χ3n) is 5.46. The van der Waals surface area contributed by atoms with E-state index in [1.165, 1.54) is 18.4 Å². The third kappa shape index (κ3) is 5.35. The fourth-order valence-corrected chi connectivity index (χ4v) is 4.09. The zero-order valence-electron chi connectivity index (χ0n) is 15.2. The van der Waals surface area contributed by atoms with Crippen LogP contribution in [0, 0.1) is 0 Å². The van der Waals surface area contributed by atoms with Crippen molar-refractivity contribution in [2.24, 2.45) is 0 Å². The maximum Gasteiger partial charge on any atom is 0.223 e. The lowest BCUT2D eigenvalue weighted by atomic mass is 10.1. The normalized spacial score (nSPS) is 22.2. The molecule has 0 spiro atoms. The molecule has 2 aliphatic heterocycles. The van der Waals surface area contributed by atoms with Crippen LogP contribution in [0.25, 0.3) is 0 Å². The largest absolute Gasteiger partial charge is 0.497 e. The van der Waals surface area contributed by atoms with Gasteiger partial charge < -0.3 is 15.0 Å². The van der Waals surface area contributed by atoms with Crippen molar-refractivity contribution in [1.82, 2.24) is 10.2 Å². The number of aryl methyl sites for hydroxylation is 1. The van der Waals surface area contributed by atoms with Gasteiger partial charge in [-0.3, -0.25) is 4.79 Å². The highest BCUT2D eigenvalue weighted by Crippen LogP contribution is 2.29. The number of nitrogens with zero attached hydrogens (tertiary/aromatic N) is 1. The van der Waals surface area contributed by atoms with E-state index in [0.29, 0.717) is 18.0 Å². The maximum absolute atomic E-state index is 12.6. The van der Waals surface area contributed by atoms with Crippen LogP contribution >= 0.6 is 12.4 Å². The van der Waals surface area contributed by atoms with E-state index in [1.807, 2.05) is 12.1 Å². The first-order valence-corrected chi connectivity index (χ1v) is 9.43. The van der Waals surface area contributed by atoms with Crippen LogP contribution in [0.5, 0.6) is 5.75 Å². The van der Waals surface area contributed by atoms with Gasteiger partial charge in [-0.15, -0.1) is 12.4 Å². The van der Waals surface area contributed by atoms with Crippen molar-refractivity contribution in [2.75, 3.05) is 20.2 Å². The summed E-state index contributed by atoms with van der Waals surface area (Å²) in [6, 6.07) is 9.24. The molecule has 5 heteroatoms. The number of ether oxygens (including phenoxy) is 1. The summed E-state index contributed by atoms with van der Waals surface area (Å²) in [4.78, 5) is 14.8. The number of halogens is 1. The number of carbonyl (C=O) groups is 1. The molecule has 2 aliphatic rings. The Bertz CT molecular complexity index is 521. The molecule has 3 rings (SSSR count). The Morgan fingerprint density at radius 2 is 1.88 bits per heavy atom. The van der Waals surface area contributed by atoms with Gasteiger partial charge in [-0.05, 0) is 62.8 Å². The van der Waals surface area contributed by atoms with Gasteiger partial charge in [0, 0.05) is 25.0 Å². The fourth-order valence-electron chi connectivity index (χ4n) is 4.09. The number of methoxy groups -OCH3 is 1. The fraction of sp³-hybridized carbons (Fsp3) is 0.650. The Labute approximate surface area is 157 Å². The van der Waals surface area contributed by atoms with Crippen LogP contribution in [0.4, 0.5) is 0 Å². The van der Waals surface area contributed by atoms with Gasteiger partial charge in [0.1, 0.15) is 5.75 Å². The molecule has 2 fully saturated rings. The van der Waals surface area contributed by atoms with Crippen molar-refractivity contribution in [1.29, 1.82) is 0 Å². The minimum absolute atomic E-state index is 0. The highest BCUT2D eigenvalue weighted by molar-refractivity contribution is 5.85. The van der Waals surface area contributed by atoms with E-state index in [2.05, 4.69) is 22.3 Å². The number of hydrogen-bond donors (Lipinski definition) is 1. The summed E-state index contributed by atoms with van der Waals surface area (Å²) >= 11 is 0. The van der Waals surface area contributed by atoms with Crippen LogP contribution in [-0.2, 0) is 11.2 Å². The summed E-state index contributed by atoms with van der Waals surface area (Å²) < 4.78 is 5.18. The van der Waals surface area contributed by atoms with Crippen molar-refractivity contribution in [3.05, 3.63) is 29.8 Å². The van der Waals surface area contributed by atoms with E-state index in [0.717, 1.165) is 57.4 Å². The molecule has 2 bridgehead atoms. The van der Waals surface area contributed by atoms with Crippen LogP contribution in [0.2, 0.25) is 0 Å². The predicted molar refractivity (Wildman–Crippen MR) is 104 cm³/mol. The molecule has 2 unspecified atom stereocenters.